The summed E-state index contributed by atoms with van der Waals surface area (Å²) in [6, 6.07) is 28.8. The summed E-state index contributed by atoms with van der Waals surface area (Å²) in [7, 11) is 0. The van der Waals surface area contributed by atoms with Crippen molar-refractivity contribution in [2.75, 3.05) is 52.9 Å². The number of hydrogen-bond donors (Lipinski definition) is 7. The molecule has 0 aliphatic heterocycles. The zero-order chi connectivity index (χ0) is 27.5. The van der Waals surface area contributed by atoms with Crippen LogP contribution in [-0.4, -0.2) is 48.3 Å². The van der Waals surface area contributed by atoms with Gasteiger partial charge in [0.05, 0.1) is 13.2 Å². The largest absolute Gasteiger partial charge is 0.395 e. The van der Waals surface area contributed by atoms with Crippen molar-refractivity contribution in [2.24, 2.45) is 0 Å². The molecule has 0 radical (unpaired) electrons. The summed E-state index contributed by atoms with van der Waals surface area (Å²) < 4.78 is 0. The van der Waals surface area contributed by atoms with E-state index in [1.165, 1.54) is 0 Å². The zero-order valence-corrected chi connectivity index (χ0v) is 21.3. The molecule has 4 aromatic rings. The second kappa shape index (κ2) is 13.6. The minimum absolute atomic E-state index is 0.0402. The van der Waals surface area contributed by atoms with Crippen molar-refractivity contribution in [3.05, 3.63) is 108 Å². The first kappa shape index (κ1) is 27.2. The van der Waals surface area contributed by atoms with E-state index in [0.717, 1.165) is 22.7 Å². The molecule has 0 spiro atoms. The van der Waals surface area contributed by atoms with Crippen molar-refractivity contribution < 1.29 is 19.8 Å². The van der Waals surface area contributed by atoms with E-state index in [2.05, 4.69) is 26.6 Å². The van der Waals surface area contributed by atoms with Gasteiger partial charge in [-0.25, -0.2) is 0 Å². The molecular weight excluding hydrogens is 494 g/mol. The van der Waals surface area contributed by atoms with Crippen molar-refractivity contribution in [1.82, 2.24) is 0 Å². The summed E-state index contributed by atoms with van der Waals surface area (Å²) in [6.07, 6.45) is 0. The summed E-state index contributed by atoms with van der Waals surface area (Å²) in [6.45, 7) is 0.984. The summed E-state index contributed by atoms with van der Waals surface area (Å²) in [5.41, 5.74) is 5.77. The Morgan fingerprint density at radius 2 is 0.769 bits per heavy atom. The minimum atomic E-state index is -0.212. The molecule has 0 aromatic heterocycles. The lowest BCUT2D eigenvalue weighted by molar-refractivity contribution is 0.101. The number of aliphatic hydroxyl groups is 2. The second-order valence-corrected chi connectivity index (χ2v) is 8.64. The Morgan fingerprint density at radius 3 is 1.10 bits per heavy atom. The van der Waals surface area contributed by atoms with Gasteiger partial charge in [-0.15, -0.1) is 0 Å². The van der Waals surface area contributed by atoms with E-state index in [0.29, 0.717) is 35.6 Å². The molecule has 0 saturated heterocycles. The highest BCUT2D eigenvalue weighted by atomic mass is 16.3. The summed E-state index contributed by atoms with van der Waals surface area (Å²) in [4.78, 5) is 25.1. The Kier molecular flexibility index (Phi) is 9.49. The van der Waals surface area contributed by atoms with Crippen LogP contribution in [0, 0.1) is 0 Å². The van der Waals surface area contributed by atoms with Gasteiger partial charge in [0.1, 0.15) is 0 Å². The molecule has 9 heteroatoms. The van der Waals surface area contributed by atoms with Gasteiger partial charge in [0.15, 0.2) is 0 Å². The third-order valence-electron chi connectivity index (χ3n) is 5.75. The fraction of sp³-hybridized carbons (Fsp3) is 0.133. The van der Waals surface area contributed by atoms with E-state index in [-0.39, 0.29) is 25.0 Å². The maximum atomic E-state index is 12.5. The van der Waals surface area contributed by atoms with Crippen LogP contribution in [0.2, 0.25) is 0 Å². The molecule has 0 fully saturated rings. The molecule has 7 N–H and O–H groups in total. The van der Waals surface area contributed by atoms with Crippen molar-refractivity contribution in [2.45, 2.75) is 0 Å². The predicted octanol–water partition coefficient (Wildman–Crippen LogP) is 4.74. The fourth-order valence-electron chi connectivity index (χ4n) is 3.73. The van der Waals surface area contributed by atoms with Gasteiger partial charge in [0.2, 0.25) is 0 Å². The number of amides is 2. The van der Waals surface area contributed by atoms with Gasteiger partial charge in [-0.2, -0.15) is 0 Å². The minimum Gasteiger partial charge on any atom is -0.395 e. The van der Waals surface area contributed by atoms with Crippen LogP contribution in [0.15, 0.2) is 97.1 Å². The molecule has 0 atom stereocenters. The first-order valence-corrected chi connectivity index (χ1v) is 12.5. The maximum absolute atomic E-state index is 12.5. The monoisotopic (exact) mass is 525 g/mol. The van der Waals surface area contributed by atoms with Crippen LogP contribution in [0.5, 0.6) is 0 Å². The van der Waals surface area contributed by atoms with E-state index in [9.17, 15) is 9.59 Å². The normalized spacial score (nSPS) is 10.4. The molecule has 0 aliphatic carbocycles. The van der Waals surface area contributed by atoms with Crippen LogP contribution in [0.3, 0.4) is 0 Å². The molecule has 200 valence electrons. The van der Waals surface area contributed by atoms with Gasteiger partial charge < -0.3 is 36.8 Å². The standard InChI is InChI=1S/C30H31N5O4/c36-19-17-31-23-5-1-21(2-6-23)29(38)34-27-13-9-25(10-14-27)33-26-11-15-28(16-12-26)35-30(39)22-3-7-24(8-4-22)32-18-20-37/h1-16,31-33,36-37H,17-20H2,(H,34,38)(H,35,39). The Balaban J connectivity index is 1.27. The number of anilines is 6. The van der Waals surface area contributed by atoms with E-state index in [1.54, 1.807) is 48.5 Å². The van der Waals surface area contributed by atoms with Crippen LogP contribution in [0.25, 0.3) is 0 Å². The SMILES string of the molecule is O=C(Nc1ccc(Nc2ccc(NC(=O)c3ccc(NCCO)cc3)cc2)cc1)c1ccc(NCCO)cc1. The molecule has 2 amide bonds. The second-order valence-electron chi connectivity index (χ2n) is 8.64. The molecule has 4 rings (SSSR count). The third-order valence-corrected chi connectivity index (χ3v) is 5.75. The first-order valence-electron chi connectivity index (χ1n) is 12.5. The Morgan fingerprint density at radius 1 is 0.462 bits per heavy atom. The van der Waals surface area contributed by atoms with E-state index in [4.69, 9.17) is 10.2 Å². The summed E-state index contributed by atoms with van der Waals surface area (Å²) >= 11 is 0. The molecule has 4 aromatic carbocycles. The molecule has 0 bridgehead atoms. The highest BCUT2D eigenvalue weighted by Crippen LogP contribution is 2.22. The van der Waals surface area contributed by atoms with Gasteiger partial charge >= 0.3 is 0 Å². The lowest BCUT2D eigenvalue weighted by Crippen LogP contribution is -2.12. The molecule has 9 nitrogen and oxygen atoms in total. The zero-order valence-electron chi connectivity index (χ0n) is 21.3. The molecule has 0 unspecified atom stereocenters. The molecule has 0 heterocycles. The van der Waals surface area contributed by atoms with Gasteiger partial charge in [-0.3, -0.25) is 9.59 Å². The predicted molar refractivity (Wildman–Crippen MR) is 156 cm³/mol. The van der Waals surface area contributed by atoms with Gasteiger partial charge in [-0.1, -0.05) is 0 Å². The molecular formula is C30H31N5O4. The summed E-state index contributed by atoms with van der Waals surface area (Å²) in [5.74, 6) is -0.423. The first-order chi connectivity index (χ1) is 19.0. The fourth-order valence-corrected chi connectivity index (χ4v) is 3.73. The van der Waals surface area contributed by atoms with E-state index >= 15 is 0 Å². The topological polar surface area (TPSA) is 135 Å². The van der Waals surface area contributed by atoms with Crippen molar-refractivity contribution in [3.8, 4) is 0 Å². The smallest absolute Gasteiger partial charge is 0.255 e. The molecule has 39 heavy (non-hydrogen) atoms. The highest BCUT2D eigenvalue weighted by Gasteiger charge is 2.08. The average Bonchev–Trinajstić information content (AvgIpc) is 2.97. The number of carbonyl (C=O) groups excluding carboxylic acids is 2. The number of rotatable bonds is 12. The van der Waals surface area contributed by atoms with Crippen LogP contribution in [0.1, 0.15) is 20.7 Å². The van der Waals surface area contributed by atoms with Gasteiger partial charge in [0, 0.05) is 58.3 Å². The third kappa shape index (κ3) is 8.06. The highest BCUT2D eigenvalue weighted by molar-refractivity contribution is 6.05. The quantitative estimate of drug-likeness (QED) is 0.142. The number of aliphatic hydroxyl groups excluding tert-OH is 2. The van der Waals surface area contributed by atoms with Gasteiger partial charge in [0.25, 0.3) is 11.8 Å². The van der Waals surface area contributed by atoms with E-state index < -0.39 is 0 Å². The number of benzene rings is 4. The van der Waals surface area contributed by atoms with Crippen molar-refractivity contribution >= 4 is 45.9 Å². The number of carbonyl (C=O) groups is 2. The van der Waals surface area contributed by atoms with Gasteiger partial charge in [-0.05, 0) is 97.1 Å². The molecule has 0 saturated carbocycles. The van der Waals surface area contributed by atoms with Crippen LogP contribution < -0.4 is 26.6 Å². The Bertz CT molecular complexity index is 1250. The lowest BCUT2D eigenvalue weighted by atomic mass is 10.1. The summed E-state index contributed by atoms with van der Waals surface area (Å²) in [5, 5.41) is 32.9. The Hall–Kier alpha value is -4.86. The molecule has 0 aliphatic rings. The lowest BCUT2D eigenvalue weighted by Gasteiger charge is -2.11. The van der Waals surface area contributed by atoms with E-state index in [1.807, 2.05) is 48.5 Å². The number of nitrogens with one attached hydrogen (secondary N) is 5. The van der Waals surface area contributed by atoms with Crippen molar-refractivity contribution in [3.63, 3.8) is 0 Å². The number of hydrogen-bond acceptors (Lipinski definition) is 7. The van der Waals surface area contributed by atoms with Crippen LogP contribution in [0.4, 0.5) is 34.1 Å². The van der Waals surface area contributed by atoms with Crippen molar-refractivity contribution in [1.29, 1.82) is 0 Å². The van der Waals surface area contributed by atoms with Crippen LogP contribution in [-0.2, 0) is 0 Å². The average molecular weight is 526 g/mol. The Labute approximate surface area is 226 Å². The maximum Gasteiger partial charge on any atom is 0.255 e. The van der Waals surface area contributed by atoms with Crippen LogP contribution >= 0.6 is 0 Å².